The van der Waals surface area contributed by atoms with E-state index in [0.717, 1.165) is 17.1 Å². The van der Waals surface area contributed by atoms with Gasteiger partial charge in [0.05, 0.1) is 11.9 Å². The van der Waals surface area contributed by atoms with Crippen molar-refractivity contribution in [2.45, 2.75) is 17.8 Å². The molecule has 1 unspecified atom stereocenters. The third kappa shape index (κ3) is 4.52. The molecule has 0 heterocycles. The number of fused-ring (bicyclic) bond motifs is 1. The third-order valence-electron chi connectivity index (χ3n) is 4.04. The number of aliphatic hydroxyl groups is 1. The molecule has 2 aromatic rings. The molecule has 0 amide bonds. The van der Waals surface area contributed by atoms with Crippen molar-refractivity contribution >= 4 is 40.4 Å². The van der Waals surface area contributed by atoms with Crippen molar-refractivity contribution in [3.05, 3.63) is 60.2 Å². The van der Waals surface area contributed by atoms with Crippen molar-refractivity contribution in [3.8, 4) is 0 Å². The first kappa shape index (κ1) is 21.5. The van der Waals surface area contributed by atoms with Crippen LogP contribution in [-0.2, 0) is 19.1 Å². The largest absolute Gasteiger partial charge is 0.479 e. The summed E-state index contributed by atoms with van der Waals surface area (Å²) in [4.78, 5) is 34.8. The third-order valence-corrected chi connectivity index (χ3v) is 5.35. The Kier molecular flexibility index (Phi) is 7.19. The molecule has 0 spiro atoms. The lowest BCUT2D eigenvalue weighted by Crippen LogP contribution is -2.50. The molecule has 0 bridgehead atoms. The van der Waals surface area contributed by atoms with Crippen molar-refractivity contribution in [2.75, 3.05) is 12.4 Å². The van der Waals surface area contributed by atoms with Crippen molar-refractivity contribution in [2.24, 2.45) is 0 Å². The average molecular weight is 404 g/mol. The molecule has 28 heavy (non-hydrogen) atoms. The van der Waals surface area contributed by atoms with Crippen LogP contribution < -0.4 is 0 Å². The van der Waals surface area contributed by atoms with Gasteiger partial charge in [-0.05, 0) is 23.3 Å². The van der Waals surface area contributed by atoms with Crippen LogP contribution in [0, 0.1) is 0 Å². The summed E-state index contributed by atoms with van der Waals surface area (Å²) in [6.07, 6.45) is 2.61. The first-order chi connectivity index (χ1) is 13.3. The Balaban J connectivity index is 2.46. The van der Waals surface area contributed by atoms with Crippen LogP contribution in [0.25, 0.3) is 10.8 Å². The van der Waals surface area contributed by atoms with Gasteiger partial charge >= 0.3 is 17.9 Å². The minimum atomic E-state index is -3.05. The van der Waals surface area contributed by atoms with E-state index in [0.29, 0.717) is 10.9 Å². The minimum Gasteiger partial charge on any atom is -0.479 e. The van der Waals surface area contributed by atoms with E-state index in [9.17, 15) is 29.7 Å². The van der Waals surface area contributed by atoms with Gasteiger partial charge in [-0.3, -0.25) is 0 Å². The fraction of sp³-hybridized carbons (Fsp3) is 0.250. The molecule has 2 rings (SSSR count). The molecule has 0 fully saturated rings. The van der Waals surface area contributed by atoms with Crippen molar-refractivity contribution in [1.29, 1.82) is 0 Å². The standard InChI is InChI=1S/C20H20O7S/c1-2-27-16(21)11-6-12-28-17(20(26,18(22)23)19(24)25)15-10-5-8-13-7-3-4-9-14(13)15/h3-11,17,26H,2,12H2,1H3,(H,22,23)(H,24,25)/b11-6+. The summed E-state index contributed by atoms with van der Waals surface area (Å²) in [5.41, 5.74) is -2.67. The first-order valence-electron chi connectivity index (χ1n) is 8.44. The molecule has 0 aliphatic rings. The number of hydrogen-bond acceptors (Lipinski definition) is 6. The fourth-order valence-electron chi connectivity index (χ4n) is 2.72. The van der Waals surface area contributed by atoms with Crippen molar-refractivity contribution in [1.82, 2.24) is 0 Å². The second kappa shape index (κ2) is 9.38. The average Bonchev–Trinajstić information content (AvgIpc) is 2.67. The normalized spacial score (nSPS) is 12.8. The van der Waals surface area contributed by atoms with Gasteiger partial charge in [0.1, 0.15) is 0 Å². The van der Waals surface area contributed by atoms with E-state index in [1.165, 1.54) is 12.2 Å². The predicted octanol–water partition coefficient (Wildman–Crippen LogP) is 2.63. The molecular weight excluding hydrogens is 384 g/mol. The van der Waals surface area contributed by atoms with Crippen molar-refractivity contribution in [3.63, 3.8) is 0 Å². The van der Waals surface area contributed by atoms with Gasteiger partial charge in [0.2, 0.25) is 0 Å². The maximum Gasteiger partial charge on any atom is 0.349 e. The highest BCUT2D eigenvalue weighted by atomic mass is 32.2. The SMILES string of the molecule is CCOC(=O)/C=C/CSC(c1cccc2ccccc12)C(O)(C(=O)O)C(=O)O. The number of hydrogen-bond donors (Lipinski definition) is 3. The zero-order chi connectivity index (χ0) is 20.7. The van der Waals surface area contributed by atoms with E-state index in [2.05, 4.69) is 0 Å². The Morgan fingerprint density at radius 2 is 1.75 bits per heavy atom. The summed E-state index contributed by atoms with van der Waals surface area (Å²) in [7, 11) is 0. The molecule has 2 aromatic carbocycles. The van der Waals surface area contributed by atoms with Gasteiger partial charge in [-0.25, -0.2) is 14.4 Å². The highest BCUT2D eigenvalue weighted by Gasteiger charge is 2.53. The predicted molar refractivity (Wildman–Crippen MR) is 105 cm³/mol. The highest BCUT2D eigenvalue weighted by molar-refractivity contribution is 7.99. The second-order valence-electron chi connectivity index (χ2n) is 5.81. The Morgan fingerprint density at radius 1 is 1.11 bits per heavy atom. The van der Waals surface area contributed by atoms with Crippen LogP contribution in [-0.4, -0.2) is 51.2 Å². The lowest BCUT2D eigenvalue weighted by Gasteiger charge is -2.29. The lowest BCUT2D eigenvalue weighted by atomic mass is 9.90. The monoisotopic (exact) mass is 404 g/mol. The highest BCUT2D eigenvalue weighted by Crippen LogP contribution is 2.42. The number of carbonyl (C=O) groups excluding carboxylic acids is 1. The Morgan fingerprint density at radius 3 is 2.39 bits per heavy atom. The molecule has 7 nitrogen and oxygen atoms in total. The minimum absolute atomic E-state index is 0.0928. The molecule has 0 aliphatic carbocycles. The van der Waals surface area contributed by atoms with E-state index < -0.39 is 28.8 Å². The summed E-state index contributed by atoms with van der Waals surface area (Å²) in [6.45, 7) is 1.88. The van der Waals surface area contributed by atoms with Crippen LogP contribution in [0.5, 0.6) is 0 Å². The van der Waals surface area contributed by atoms with E-state index >= 15 is 0 Å². The molecule has 0 saturated carbocycles. The first-order valence-corrected chi connectivity index (χ1v) is 9.49. The van der Waals surface area contributed by atoms with Gasteiger partial charge < -0.3 is 20.1 Å². The van der Waals surface area contributed by atoms with E-state index in [1.54, 1.807) is 37.3 Å². The lowest BCUT2D eigenvalue weighted by molar-refractivity contribution is -0.175. The van der Waals surface area contributed by atoms with Crippen LogP contribution in [0.3, 0.4) is 0 Å². The van der Waals surface area contributed by atoms with Gasteiger partial charge in [0.25, 0.3) is 5.60 Å². The van der Waals surface area contributed by atoms with Gasteiger partial charge in [-0.1, -0.05) is 48.5 Å². The van der Waals surface area contributed by atoms with E-state index in [4.69, 9.17) is 4.74 Å². The number of benzene rings is 2. The van der Waals surface area contributed by atoms with E-state index in [1.807, 2.05) is 12.1 Å². The van der Waals surface area contributed by atoms with Gasteiger partial charge in [0.15, 0.2) is 0 Å². The summed E-state index contributed by atoms with van der Waals surface area (Å²) in [6, 6.07) is 12.2. The summed E-state index contributed by atoms with van der Waals surface area (Å²) in [5.74, 6) is -4.19. The smallest absolute Gasteiger partial charge is 0.349 e. The number of aliphatic carboxylic acids is 2. The zero-order valence-electron chi connectivity index (χ0n) is 15.1. The summed E-state index contributed by atoms with van der Waals surface area (Å²) in [5, 5.41) is 29.7. The molecular formula is C20H20O7S. The summed E-state index contributed by atoms with van der Waals surface area (Å²) >= 11 is 0.907. The molecule has 0 saturated heterocycles. The van der Waals surface area contributed by atoms with Gasteiger partial charge in [-0.15, -0.1) is 11.8 Å². The van der Waals surface area contributed by atoms with Gasteiger partial charge in [-0.2, -0.15) is 0 Å². The van der Waals surface area contributed by atoms with Crippen molar-refractivity contribution < 1.29 is 34.4 Å². The molecule has 0 aromatic heterocycles. The van der Waals surface area contributed by atoms with Crippen LogP contribution in [0.2, 0.25) is 0 Å². The topological polar surface area (TPSA) is 121 Å². The second-order valence-corrected chi connectivity index (χ2v) is 6.95. The summed E-state index contributed by atoms with van der Waals surface area (Å²) < 4.78 is 4.76. The van der Waals surface area contributed by atoms with E-state index in [-0.39, 0.29) is 12.4 Å². The number of carbonyl (C=O) groups is 3. The Labute approximate surface area is 165 Å². The number of ether oxygens (including phenoxy) is 1. The maximum atomic E-state index is 11.7. The molecule has 3 N–H and O–H groups in total. The van der Waals surface area contributed by atoms with Crippen LogP contribution in [0.4, 0.5) is 0 Å². The quantitative estimate of drug-likeness (QED) is 0.331. The maximum absolute atomic E-state index is 11.7. The van der Waals surface area contributed by atoms with Crippen LogP contribution in [0.1, 0.15) is 17.7 Å². The number of thioether (sulfide) groups is 1. The number of carboxylic acids is 2. The number of rotatable bonds is 9. The molecule has 8 heteroatoms. The molecule has 0 radical (unpaired) electrons. The number of esters is 1. The molecule has 1 atom stereocenters. The Hall–Kier alpha value is -2.84. The van der Waals surface area contributed by atoms with Gasteiger partial charge in [0, 0.05) is 11.8 Å². The van der Waals surface area contributed by atoms with Crippen LogP contribution >= 0.6 is 11.8 Å². The molecule has 148 valence electrons. The van der Waals surface area contributed by atoms with Crippen LogP contribution in [0.15, 0.2) is 54.6 Å². The number of carboxylic acid groups (broad SMARTS) is 2. The Bertz CT molecular complexity index is 887. The molecule has 0 aliphatic heterocycles. The fourth-order valence-corrected chi connectivity index (χ4v) is 3.94. The zero-order valence-corrected chi connectivity index (χ0v) is 15.9.